The predicted octanol–water partition coefficient (Wildman–Crippen LogP) is 5.57. The lowest BCUT2D eigenvalue weighted by Crippen LogP contribution is -2.30. The van der Waals surface area contributed by atoms with Gasteiger partial charge in [-0.25, -0.2) is 0 Å². The van der Waals surface area contributed by atoms with Crippen LogP contribution in [0.4, 0.5) is 0 Å². The van der Waals surface area contributed by atoms with E-state index in [0.717, 1.165) is 18.4 Å². The number of thioether (sulfide) groups is 1. The van der Waals surface area contributed by atoms with E-state index in [9.17, 15) is 9.59 Å². The van der Waals surface area contributed by atoms with Gasteiger partial charge in [0.15, 0.2) is 0 Å². The van der Waals surface area contributed by atoms with E-state index < -0.39 is 0 Å². The predicted molar refractivity (Wildman–Crippen MR) is 120 cm³/mol. The number of esters is 1. The second-order valence-corrected chi connectivity index (χ2v) is 8.51. The Morgan fingerprint density at radius 2 is 1.79 bits per heavy atom. The van der Waals surface area contributed by atoms with Crippen LogP contribution in [-0.2, 0) is 14.3 Å². The van der Waals surface area contributed by atoms with Crippen molar-refractivity contribution in [3.05, 3.63) is 40.8 Å². The van der Waals surface area contributed by atoms with E-state index in [1.807, 2.05) is 36.4 Å². The largest absolute Gasteiger partial charge is 0.466 e. The van der Waals surface area contributed by atoms with Crippen LogP contribution in [0.3, 0.4) is 0 Å². The molecule has 0 saturated carbocycles. The zero-order valence-corrected chi connectivity index (χ0v) is 18.2. The number of rotatable bonds is 12. The topological polar surface area (TPSA) is 46.6 Å². The third-order valence-corrected chi connectivity index (χ3v) is 5.90. The summed E-state index contributed by atoms with van der Waals surface area (Å²) >= 11 is 6.58. The van der Waals surface area contributed by atoms with Gasteiger partial charge >= 0.3 is 5.97 Å². The van der Waals surface area contributed by atoms with E-state index in [-0.39, 0.29) is 24.8 Å². The van der Waals surface area contributed by atoms with Gasteiger partial charge in [-0.05, 0) is 18.1 Å². The average molecular weight is 420 g/mol. The maximum atomic E-state index is 12.5. The summed E-state index contributed by atoms with van der Waals surface area (Å²) in [7, 11) is 0. The number of ether oxygens (including phenoxy) is 1. The van der Waals surface area contributed by atoms with Crippen LogP contribution in [0.15, 0.2) is 35.2 Å². The molecule has 1 aromatic carbocycles. The number of thiocarbonyl (C=S) groups is 1. The van der Waals surface area contributed by atoms with Crippen molar-refractivity contribution in [2.75, 3.05) is 13.2 Å². The molecule has 0 spiro atoms. The fraction of sp³-hybridized carbons (Fsp3) is 0.500. The maximum absolute atomic E-state index is 12.5. The van der Waals surface area contributed by atoms with E-state index in [1.54, 1.807) is 0 Å². The molecular weight excluding hydrogens is 390 g/mol. The molecule has 1 amide bonds. The van der Waals surface area contributed by atoms with Crippen LogP contribution in [0.2, 0.25) is 0 Å². The van der Waals surface area contributed by atoms with Crippen LogP contribution in [0.25, 0.3) is 6.08 Å². The highest BCUT2D eigenvalue weighted by molar-refractivity contribution is 8.26. The molecule has 0 N–H and O–H groups in total. The third kappa shape index (κ3) is 7.76. The van der Waals surface area contributed by atoms with Crippen molar-refractivity contribution in [2.24, 2.45) is 0 Å². The van der Waals surface area contributed by atoms with Gasteiger partial charge in [-0.15, -0.1) is 0 Å². The number of carbonyl (C=O) groups excluding carboxylic acids is 2. The molecule has 0 unspecified atom stereocenters. The van der Waals surface area contributed by atoms with Gasteiger partial charge in [0.25, 0.3) is 5.91 Å². The lowest BCUT2D eigenvalue weighted by atomic mass is 10.1. The summed E-state index contributed by atoms with van der Waals surface area (Å²) < 4.78 is 5.77. The Morgan fingerprint density at radius 3 is 2.50 bits per heavy atom. The van der Waals surface area contributed by atoms with Gasteiger partial charge in [0.05, 0.1) is 17.9 Å². The van der Waals surface area contributed by atoms with Gasteiger partial charge in [0.2, 0.25) is 0 Å². The zero-order chi connectivity index (χ0) is 20.2. The molecule has 0 atom stereocenters. The van der Waals surface area contributed by atoms with Crippen molar-refractivity contribution in [2.45, 2.75) is 58.3 Å². The minimum atomic E-state index is -0.271. The van der Waals surface area contributed by atoms with Crippen molar-refractivity contribution in [1.82, 2.24) is 4.90 Å². The van der Waals surface area contributed by atoms with Crippen molar-refractivity contribution in [3.63, 3.8) is 0 Å². The molecule has 4 nitrogen and oxygen atoms in total. The first-order valence-corrected chi connectivity index (χ1v) is 11.3. The molecule has 1 aliphatic rings. The number of hydrogen-bond acceptors (Lipinski definition) is 5. The Labute approximate surface area is 177 Å². The SMILES string of the molecule is CCCCCCCCCOC(=O)CCN1C(=O)C(=Cc2ccccc2)SC1=S. The molecule has 28 heavy (non-hydrogen) atoms. The standard InChI is InChI=1S/C22H29NO3S2/c1-2-3-4-5-6-7-11-16-26-20(24)14-15-23-21(25)19(28-22(23)27)17-18-12-9-8-10-13-18/h8-10,12-13,17H,2-7,11,14-16H2,1H3. The Kier molecular flexibility index (Phi) is 10.3. The van der Waals surface area contributed by atoms with E-state index >= 15 is 0 Å². The summed E-state index contributed by atoms with van der Waals surface area (Å²) in [6.45, 7) is 2.94. The highest BCUT2D eigenvalue weighted by Crippen LogP contribution is 2.32. The Hall–Kier alpha value is -1.66. The molecule has 1 aliphatic heterocycles. The van der Waals surface area contributed by atoms with Crippen LogP contribution >= 0.6 is 24.0 Å². The first kappa shape index (κ1) is 22.6. The number of benzene rings is 1. The highest BCUT2D eigenvalue weighted by Gasteiger charge is 2.32. The van der Waals surface area contributed by atoms with E-state index in [1.165, 1.54) is 48.8 Å². The molecule has 0 radical (unpaired) electrons. The van der Waals surface area contributed by atoms with Crippen molar-refractivity contribution in [3.8, 4) is 0 Å². The average Bonchev–Trinajstić information content (AvgIpc) is 2.96. The number of hydrogen-bond donors (Lipinski definition) is 0. The Bertz CT molecular complexity index is 688. The Morgan fingerprint density at radius 1 is 1.11 bits per heavy atom. The minimum Gasteiger partial charge on any atom is -0.466 e. The summed E-state index contributed by atoms with van der Waals surface area (Å²) in [4.78, 5) is 26.6. The van der Waals surface area contributed by atoms with E-state index in [2.05, 4.69) is 6.92 Å². The summed E-state index contributed by atoms with van der Waals surface area (Å²) in [5.41, 5.74) is 0.956. The normalized spacial score (nSPS) is 15.5. The molecule has 152 valence electrons. The van der Waals surface area contributed by atoms with Crippen LogP contribution in [-0.4, -0.2) is 34.2 Å². The van der Waals surface area contributed by atoms with Gasteiger partial charge in [-0.2, -0.15) is 0 Å². The highest BCUT2D eigenvalue weighted by atomic mass is 32.2. The summed E-state index contributed by atoms with van der Waals surface area (Å²) in [6.07, 6.45) is 10.3. The second kappa shape index (κ2) is 12.7. The molecule has 0 aliphatic carbocycles. The van der Waals surface area contributed by atoms with Gasteiger partial charge in [-0.1, -0.05) is 99.8 Å². The molecule has 0 aromatic heterocycles. The second-order valence-electron chi connectivity index (χ2n) is 6.84. The molecule has 1 saturated heterocycles. The third-order valence-electron chi connectivity index (χ3n) is 4.52. The van der Waals surface area contributed by atoms with Crippen molar-refractivity contribution in [1.29, 1.82) is 0 Å². The number of nitrogens with zero attached hydrogens (tertiary/aromatic N) is 1. The van der Waals surface area contributed by atoms with E-state index in [0.29, 0.717) is 15.8 Å². The smallest absolute Gasteiger partial charge is 0.307 e. The number of unbranched alkanes of at least 4 members (excludes halogenated alkanes) is 6. The first-order valence-electron chi connectivity index (χ1n) is 10.1. The molecule has 2 rings (SSSR count). The molecule has 6 heteroatoms. The maximum Gasteiger partial charge on any atom is 0.307 e. The van der Waals surface area contributed by atoms with Crippen molar-refractivity contribution >= 4 is 46.3 Å². The summed E-state index contributed by atoms with van der Waals surface area (Å²) in [6, 6.07) is 9.66. The van der Waals surface area contributed by atoms with Crippen molar-refractivity contribution < 1.29 is 14.3 Å². The molecule has 1 fully saturated rings. The lowest BCUT2D eigenvalue weighted by molar-refractivity contribution is -0.144. The van der Waals surface area contributed by atoms with Gasteiger partial charge in [0.1, 0.15) is 4.32 Å². The quantitative estimate of drug-likeness (QED) is 0.192. The van der Waals surface area contributed by atoms with Gasteiger partial charge in [0, 0.05) is 6.54 Å². The molecule has 1 aromatic rings. The first-order chi connectivity index (χ1) is 13.6. The fourth-order valence-corrected chi connectivity index (χ4v) is 4.22. The summed E-state index contributed by atoms with van der Waals surface area (Å²) in [5, 5.41) is 0. The van der Waals surface area contributed by atoms with Crippen LogP contribution < -0.4 is 0 Å². The number of carbonyl (C=O) groups is 2. The lowest BCUT2D eigenvalue weighted by Gasteiger charge is -2.13. The monoisotopic (exact) mass is 419 g/mol. The molecular formula is C22H29NO3S2. The van der Waals surface area contributed by atoms with Crippen LogP contribution in [0.1, 0.15) is 63.9 Å². The van der Waals surface area contributed by atoms with Gasteiger partial charge < -0.3 is 4.74 Å². The van der Waals surface area contributed by atoms with Crippen LogP contribution in [0.5, 0.6) is 0 Å². The Balaban J connectivity index is 1.66. The molecule has 1 heterocycles. The zero-order valence-electron chi connectivity index (χ0n) is 16.5. The fourth-order valence-electron chi connectivity index (χ4n) is 2.91. The van der Waals surface area contributed by atoms with Gasteiger partial charge in [-0.3, -0.25) is 14.5 Å². The van der Waals surface area contributed by atoms with E-state index in [4.69, 9.17) is 17.0 Å². The number of amides is 1. The van der Waals surface area contributed by atoms with Crippen LogP contribution in [0, 0.1) is 0 Å². The minimum absolute atomic E-state index is 0.140. The molecule has 0 bridgehead atoms. The summed E-state index contributed by atoms with van der Waals surface area (Å²) in [5.74, 6) is -0.411.